The number of nitrogens with one attached hydrogen (secondary N) is 1. The average Bonchev–Trinajstić information content (AvgIpc) is 2.52. The van der Waals surface area contributed by atoms with Crippen molar-refractivity contribution in [2.45, 2.75) is 19.4 Å². The summed E-state index contributed by atoms with van der Waals surface area (Å²) < 4.78 is 4.96. The number of benzene rings is 1. The molecule has 2 rings (SSSR count). The summed E-state index contributed by atoms with van der Waals surface area (Å²) in [6.45, 7) is 2.47. The summed E-state index contributed by atoms with van der Waals surface area (Å²) >= 11 is 0. The second kappa shape index (κ2) is 7.55. The Bertz CT molecular complexity index is 584. The standard InChI is InChI=1S/C17H20N2O2/c1-13-5-3-4-6-15(13)17(14-7-10-18-11-8-14)19-16(20)9-12-21-2/h3-8,10-11,17H,9,12H2,1-2H3,(H,19,20)/t17-/m1/s1. The minimum atomic E-state index is -0.168. The molecule has 4 nitrogen and oxygen atoms in total. The lowest BCUT2D eigenvalue weighted by Gasteiger charge is -2.21. The van der Waals surface area contributed by atoms with Crippen molar-refractivity contribution in [3.8, 4) is 0 Å². The van der Waals surface area contributed by atoms with Crippen LogP contribution < -0.4 is 5.32 Å². The monoisotopic (exact) mass is 284 g/mol. The van der Waals surface area contributed by atoms with Crippen LogP contribution in [0.3, 0.4) is 0 Å². The van der Waals surface area contributed by atoms with E-state index < -0.39 is 0 Å². The smallest absolute Gasteiger partial charge is 0.223 e. The molecular formula is C17H20N2O2. The SMILES string of the molecule is COCCC(=O)N[C@H](c1ccncc1)c1ccccc1C. The summed E-state index contributed by atoms with van der Waals surface area (Å²) in [6.07, 6.45) is 3.83. The zero-order valence-electron chi connectivity index (χ0n) is 12.4. The molecule has 1 aromatic heterocycles. The van der Waals surface area contributed by atoms with Gasteiger partial charge in [0.2, 0.25) is 5.91 Å². The van der Waals surface area contributed by atoms with E-state index in [4.69, 9.17) is 4.74 Å². The number of rotatable bonds is 6. The van der Waals surface area contributed by atoms with Crippen molar-refractivity contribution in [3.63, 3.8) is 0 Å². The molecule has 0 saturated carbocycles. The van der Waals surface area contributed by atoms with Gasteiger partial charge in [-0.15, -0.1) is 0 Å². The first-order valence-corrected chi connectivity index (χ1v) is 6.96. The third-order valence-electron chi connectivity index (χ3n) is 3.38. The van der Waals surface area contributed by atoms with Gasteiger partial charge in [-0.3, -0.25) is 9.78 Å². The van der Waals surface area contributed by atoms with Gasteiger partial charge in [-0.05, 0) is 35.7 Å². The molecule has 1 aromatic carbocycles. The molecule has 0 bridgehead atoms. The first-order valence-electron chi connectivity index (χ1n) is 6.96. The summed E-state index contributed by atoms with van der Waals surface area (Å²) in [4.78, 5) is 16.1. The van der Waals surface area contributed by atoms with Gasteiger partial charge in [-0.2, -0.15) is 0 Å². The fraction of sp³-hybridized carbons (Fsp3) is 0.294. The number of amides is 1. The van der Waals surface area contributed by atoms with Gasteiger partial charge in [0, 0.05) is 25.9 Å². The maximum atomic E-state index is 12.1. The van der Waals surface area contributed by atoms with E-state index >= 15 is 0 Å². The van der Waals surface area contributed by atoms with E-state index in [0.717, 1.165) is 16.7 Å². The first-order chi connectivity index (χ1) is 10.2. The largest absolute Gasteiger partial charge is 0.384 e. The lowest BCUT2D eigenvalue weighted by molar-refractivity contribution is -0.122. The molecule has 0 aliphatic carbocycles. The van der Waals surface area contributed by atoms with Crippen molar-refractivity contribution in [2.75, 3.05) is 13.7 Å². The number of nitrogens with zero attached hydrogens (tertiary/aromatic N) is 1. The summed E-state index contributed by atoms with van der Waals surface area (Å²) in [6, 6.07) is 11.7. The quantitative estimate of drug-likeness (QED) is 0.887. The summed E-state index contributed by atoms with van der Waals surface area (Å²) in [7, 11) is 1.59. The normalized spacial score (nSPS) is 11.9. The Kier molecular flexibility index (Phi) is 5.46. The van der Waals surface area contributed by atoms with Gasteiger partial charge >= 0.3 is 0 Å². The molecule has 4 heteroatoms. The van der Waals surface area contributed by atoms with Gasteiger partial charge in [0.25, 0.3) is 0 Å². The highest BCUT2D eigenvalue weighted by Gasteiger charge is 2.18. The van der Waals surface area contributed by atoms with E-state index in [0.29, 0.717) is 13.0 Å². The summed E-state index contributed by atoms with van der Waals surface area (Å²) in [5.41, 5.74) is 3.26. The Morgan fingerprint density at radius 1 is 1.24 bits per heavy atom. The number of methoxy groups -OCH3 is 1. The third-order valence-corrected chi connectivity index (χ3v) is 3.38. The van der Waals surface area contributed by atoms with Gasteiger partial charge in [0.1, 0.15) is 0 Å². The molecule has 1 amide bonds. The van der Waals surface area contributed by atoms with Crippen LogP contribution in [-0.2, 0) is 9.53 Å². The molecule has 21 heavy (non-hydrogen) atoms. The summed E-state index contributed by atoms with van der Waals surface area (Å²) in [5, 5.41) is 3.08. The number of hydrogen-bond donors (Lipinski definition) is 1. The predicted molar refractivity (Wildman–Crippen MR) is 81.9 cm³/mol. The Morgan fingerprint density at radius 3 is 2.62 bits per heavy atom. The van der Waals surface area contributed by atoms with Crippen molar-refractivity contribution in [2.24, 2.45) is 0 Å². The second-order valence-electron chi connectivity index (χ2n) is 4.88. The van der Waals surface area contributed by atoms with Gasteiger partial charge in [0.15, 0.2) is 0 Å². The molecule has 1 N–H and O–H groups in total. The maximum Gasteiger partial charge on any atom is 0.223 e. The van der Waals surface area contributed by atoms with Crippen molar-refractivity contribution >= 4 is 5.91 Å². The number of aryl methyl sites for hydroxylation is 1. The minimum absolute atomic E-state index is 0.0260. The van der Waals surface area contributed by atoms with Crippen LogP contribution in [0, 0.1) is 6.92 Å². The molecule has 2 aromatic rings. The molecule has 0 spiro atoms. The highest BCUT2D eigenvalue weighted by atomic mass is 16.5. The topological polar surface area (TPSA) is 51.2 Å². The van der Waals surface area contributed by atoms with Crippen LogP contribution in [0.1, 0.15) is 29.2 Å². The molecule has 0 aliphatic rings. The molecule has 0 saturated heterocycles. The molecule has 0 aliphatic heterocycles. The average molecular weight is 284 g/mol. The predicted octanol–water partition coefficient (Wildman–Crippen LogP) is 2.63. The summed E-state index contributed by atoms with van der Waals surface area (Å²) in [5.74, 6) is -0.0260. The van der Waals surface area contributed by atoms with Crippen LogP contribution in [0.15, 0.2) is 48.8 Å². The van der Waals surface area contributed by atoms with Crippen molar-refractivity contribution in [1.29, 1.82) is 0 Å². The van der Waals surface area contributed by atoms with E-state index in [2.05, 4.69) is 10.3 Å². The van der Waals surface area contributed by atoms with E-state index in [9.17, 15) is 4.79 Å². The fourth-order valence-corrected chi connectivity index (χ4v) is 2.24. The van der Waals surface area contributed by atoms with Gasteiger partial charge in [-0.25, -0.2) is 0 Å². The number of pyridine rings is 1. The second-order valence-corrected chi connectivity index (χ2v) is 4.88. The van der Waals surface area contributed by atoms with Crippen LogP contribution in [0.25, 0.3) is 0 Å². The zero-order valence-corrected chi connectivity index (χ0v) is 12.4. The number of ether oxygens (including phenoxy) is 1. The molecule has 0 unspecified atom stereocenters. The van der Waals surface area contributed by atoms with Gasteiger partial charge in [0.05, 0.1) is 12.6 Å². The Labute approximate surface area is 125 Å². The Balaban J connectivity index is 2.27. The molecule has 1 heterocycles. The zero-order chi connectivity index (χ0) is 15.1. The first kappa shape index (κ1) is 15.2. The molecule has 1 atom stereocenters. The molecule has 0 radical (unpaired) electrons. The van der Waals surface area contributed by atoms with E-state index in [1.54, 1.807) is 19.5 Å². The van der Waals surface area contributed by atoms with Crippen LogP contribution >= 0.6 is 0 Å². The maximum absolute atomic E-state index is 12.1. The van der Waals surface area contributed by atoms with Gasteiger partial charge in [-0.1, -0.05) is 24.3 Å². The Hall–Kier alpha value is -2.20. The lowest BCUT2D eigenvalue weighted by Crippen LogP contribution is -2.30. The number of carbonyl (C=O) groups excluding carboxylic acids is 1. The van der Waals surface area contributed by atoms with Gasteiger partial charge < -0.3 is 10.1 Å². The van der Waals surface area contributed by atoms with E-state index in [1.165, 1.54) is 0 Å². The highest BCUT2D eigenvalue weighted by Crippen LogP contribution is 2.24. The van der Waals surface area contributed by atoms with E-state index in [1.807, 2.05) is 43.3 Å². The molecule has 0 fully saturated rings. The van der Waals surface area contributed by atoms with Crippen LogP contribution in [0.5, 0.6) is 0 Å². The third kappa shape index (κ3) is 4.13. The van der Waals surface area contributed by atoms with Crippen molar-refractivity contribution in [1.82, 2.24) is 10.3 Å². The van der Waals surface area contributed by atoms with Crippen LogP contribution in [-0.4, -0.2) is 24.6 Å². The van der Waals surface area contributed by atoms with Crippen molar-refractivity contribution in [3.05, 3.63) is 65.5 Å². The number of aromatic nitrogens is 1. The fourth-order valence-electron chi connectivity index (χ4n) is 2.24. The number of hydrogen-bond acceptors (Lipinski definition) is 3. The molecular weight excluding hydrogens is 264 g/mol. The van der Waals surface area contributed by atoms with Crippen LogP contribution in [0.2, 0.25) is 0 Å². The lowest BCUT2D eigenvalue weighted by atomic mass is 9.95. The molecule has 110 valence electrons. The van der Waals surface area contributed by atoms with Crippen molar-refractivity contribution < 1.29 is 9.53 Å². The van der Waals surface area contributed by atoms with E-state index in [-0.39, 0.29) is 11.9 Å². The highest BCUT2D eigenvalue weighted by molar-refractivity contribution is 5.77. The van der Waals surface area contributed by atoms with Crippen LogP contribution in [0.4, 0.5) is 0 Å². The Morgan fingerprint density at radius 2 is 1.95 bits per heavy atom. The minimum Gasteiger partial charge on any atom is -0.384 e. The number of carbonyl (C=O) groups is 1.